The third kappa shape index (κ3) is 4.78. The van der Waals surface area contributed by atoms with Crippen LogP contribution in [0.4, 0.5) is 5.69 Å². The second kappa shape index (κ2) is 9.67. The molecular weight excluding hydrogens is 474 g/mol. The predicted octanol–water partition coefficient (Wildman–Crippen LogP) is 3.68. The lowest BCUT2D eigenvalue weighted by Gasteiger charge is -2.41. The molecule has 2 bridgehead atoms. The number of carbonyl (C=O) groups excluding carboxylic acids is 3. The molecule has 0 aliphatic carbocycles. The standard InChI is InChI=1S/C28H41N3O4S/c1-17-15-19-20(23(33)29-18-11-8-7-9-12-18)21-25(35)31(13-10-14-32)22(28(17,21)36-19)24(34)30-27(5,6)16-26(2,3)4/h7-9,11-12,17,19-22,32H,10,13-16H2,1-6H3,(H,29,33)(H,30,34)/t17?,19-,20+,21-,22?,28?/m0/s1. The molecule has 36 heavy (non-hydrogen) atoms. The molecule has 198 valence electrons. The zero-order chi connectivity index (χ0) is 26.5. The van der Waals surface area contributed by atoms with E-state index in [-0.39, 0.29) is 40.9 Å². The number of aliphatic hydroxyl groups is 1. The molecular formula is C28H41N3O4S. The first-order valence-corrected chi connectivity index (χ1v) is 14.0. The fourth-order valence-electron chi connectivity index (χ4n) is 7.12. The van der Waals surface area contributed by atoms with Crippen LogP contribution in [0.5, 0.6) is 0 Å². The Morgan fingerprint density at radius 2 is 1.81 bits per heavy atom. The molecule has 1 aromatic rings. The number of fused-ring (bicyclic) bond motifs is 1. The van der Waals surface area contributed by atoms with Crippen LogP contribution in [-0.2, 0) is 14.4 Å². The second-order valence-corrected chi connectivity index (χ2v) is 14.2. The third-order valence-electron chi connectivity index (χ3n) is 7.83. The van der Waals surface area contributed by atoms with Crippen molar-refractivity contribution in [2.75, 3.05) is 18.5 Å². The minimum Gasteiger partial charge on any atom is -0.396 e. The van der Waals surface area contributed by atoms with Gasteiger partial charge in [-0.3, -0.25) is 14.4 Å². The van der Waals surface area contributed by atoms with Gasteiger partial charge in [0.05, 0.1) is 16.6 Å². The molecule has 7 nitrogen and oxygen atoms in total. The van der Waals surface area contributed by atoms with Crippen molar-refractivity contribution < 1.29 is 19.5 Å². The van der Waals surface area contributed by atoms with Gasteiger partial charge in [0, 0.05) is 29.6 Å². The fraction of sp³-hybridized carbons (Fsp3) is 0.679. The van der Waals surface area contributed by atoms with Crippen LogP contribution in [0.2, 0.25) is 0 Å². The van der Waals surface area contributed by atoms with Crippen molar-refractivity contribution in [3.63, 3.8) is 0 Å². The summed E-state index contributed by atoms with van der Waals surface area (Å²) in [5.74, 6) is -1.37. The number of carbonyl (C=O) groups is 3. The van der Waals surface area contributed by atoms with Crippen molar-refractivity contribution in [1.82, 2.24) is 10.2 Å². The molecule has 3 aliphatic rings. The van der Waals surface area contributed by atoms with E-state index in [1.807, 2.05) is 44.2 Å². The number of aliphatic hydroxyl groups excluding tert-OH is 1. The average molecular weight is 516 g/mol. The predicted molar refractivity (Wildman–Crippen MR) is 143 cm³/mol. The Bertz CT molecular complexity index is 1010. The van der Waals surface area contributed by atoms with E-state index >= 15 is 0 Å². The van der Waals surface area contributed by atoms with E-state index in [2.05, 4.69) is 38.3 Å². The first-order chi connectivity index (χ1) is 16.8. The van der Waals surface area contributed by atoms with E-state index < -0.39 is 28.2 Å². The largest absolute Gasteiger partial charge is 0.396 e. The highest BCUT2D eigenvalue weighted by Gasteiger charge is 2.76. The van der Waals surface area contributed by atoms with Gasteiger partial charge in [-0.1, -0.05) is 45.9 Å². The molecule has 0 aromatic heterocycles. The summed E-state index contributed by atoms with van der Waals surface area (Å²) in [4.78, 5) is 43.2. The minimum absolute atomic E-state index is 0.00413. The van der Waals surface area contributed by atoms with Gasteiger partial charge in [-0.15, -0.1) is 11.8 Å². The molecule has 0 saturated carbocycles. The topological polar surface area (TPSA) is 98.7 Å². The average Bonchev–Trinajstić information content (AvgIpc) is 3.34. The van der Waals surface area contributed by atoms with E-state index in [1.54, 1.807) is 16.7 Å². The van der Waals surface area contributed by atoms with E-state index in [0.29, 0.717) is 18.7 Å². The SMILES string of the molecule is CC1C[C@@H]2SC13C(C(=O)NC(C)(C)CC(C)(C)C)N(CCCO)C(=O)[C@@H]3[C@@H]2C(=O)Nc1ccccc1. The first-order valence-electron chi connectivity index (χ1n) is 13.1. The summed E-state index contributed by atoms with van der Waals surface area (Å²) in [6, 6.07) is 8.64. The number of amides is 3. The van der Waals surface area contributed by atoms with Crippen LogP contribution in [0.3, 0.4) is 0 Å². The van der Waals surface area contributed by atoms with Crippen LogP contribution in [0.15, 0.2) is 30.3 Å². The molecule has 3 aliphatic heterocycles. The van der Waals surface area contributed by atoms with Crippen LogP contribution < -0.4 is 10.6 Å². The number of benzene rings is 1. The molecule has 1 spiro atoms. The quantitative estimate of drug-likeness (QED) is 0.491. The van der Waals surface area contributed by atoms with E-state index in [9.17, 15) is 19.5 Å². The summed E-state index contributed by atoms with van der Waals surface area (Å²) in [7, 11) is 0. The summed E-state index contributed by atoms with van der Waals surface area (Å²) in [5.41, 5.74) is 0.275. The number of rotatable bonds is 8. The maximum absolute atomic E-state index is 14.0. The first kappa shape index (κ1) is 27.0. The lowest BCUT2D eigenvalue weighted by Crippen LogP contribution is -2.60. The summed E-state index contributed by atoms with van der Waals surface area (Å²) in [6.07, 6.45) is 1.98. The van der Waals surface area contributed by atoms with Crippen molar-refractivity contribution in [2.45, 2.75) is 82.4 Å². The highest BCUT2D eigenvalue weighted by molar-refractivity contribution is 8.02. The van der Waals surface area contributed by atoms with E-state index in [4.69, 9.17) is 0 Å². The van der Waals surface area contributed by atoms with Gasteiger partial charge < -0.3 is 20.6 Å². The molecule has 6 atom stereocenters. The molecule has 8 heteroatoms. The Morgan fingerprint density at radius 3 is 2.42 bits per heavy atom. The van der Waals surface area contributed by atoms with Gasteiger partial charge in [0.1, 0.15) is 6.04 Å². The van der Waals surface area contributed by atoms with Gasteiger partial charge >= 0.3 is 0 Å². The monoisotopic (exact) mass is 515 g/mol. The molecule has 3 N–H and O–H groups in total. The number of anilines is 1. The summed E-state index contributed by atoms with van der Waals surface area (Å²) in [5, 5.41) is 15.8. The smallest absolute Gasteiger partial charge is 0.244 e. The molecule has 1 aromatic carbocycles. The molecule has 3 fully saturated rings. The molecule has 0 radical (unpaired) electrons. The zero-order valence-corrected chi connectivity index (χ0v) is 23.2. The highest BCUT2D eigenvalue weighted by atomic mass is 32.2. The lowest BCUT2D eigenvalue weighted by molar-refractivity contribution is -0.139. The number of likely N-dealkylation sites (tertiary alicyclic amines) is 1. The fourth-order valence-corrected chi connectivity index (χ4v) is 9.54. The van der Waals surface area contributed by atoms with Gasteiger partial charge in [-0.2, -0.15) is 0 Å². The number of hydrogen-bond acceptors (Lipinski definition) is 5. The van der Waals surface area contributed by atoms with Crippen LogP contribution >= 0.6 is 11.8 Å². The summed E-state index contributed by atoms with van der Waals surface area (Å²) < 4.78 is -0.655. The van der Waals surface area contributed by atoms with Crippen LogP contribution in [0.25, 0.3) is 0 Å². The van der Waals surface area contributed by atoms with Crippen molar-refractivity contribution in [3.05, 3.63) is 30.3 Å². The van der Waals surface area contributed by atoms with Gasteiger partial charge in [-0.05, 0) is 56.6 Å². The number of nitrogens with one attached hydrogen (secondary N) is 2. The van der Waals surface area contributed by atoms with Gasteiger partial charge in [0.25, 0.3) is 0 Å². The number of nitrogens with zero attached hydrogens (tertiary/aromatic N) is 1. The van der Waals surface area contributed by atoms with Crippen molar-refractivity contribution in [1.29, 1.82) is 0 Å². The van der Waals surface area contributed by atoms with Crippen molar-refractivity contribution >= 4 is 35.2 Å². The molecule has 3 unspecified atom stereocenters. The number of hydrogen-bond donors (Lipinski definition) is 3. The minimum atomic E-state index is -0.666. The van der Waals surface area contributed by atoms with Gasteiger partial charge in [0.2, 0.25) is 17.7 Å². The van der Waals surface area contributed by atoms with E-state index in [0.717, 1.165) is 12.8 Å². The normalized spacial score (nSPS) is 31.5. The molecule has 3 heterocycles. The van der Waals surface area contributed by atoms with Crippen LogP contribution in [-0.4, -0.2) is 62.5 Å². The Balaban J connectivity index is 1.67. The van der Waals surface area contributed by atoms with Crippen LogP contribution in [0.1, 0.15) is 60.8 Å². The lowest BCUT2D eigenvalue weighted by atomic mass is 9.65. The third-order valence-corrected chi connectivity index (χ3v) is 9.91. The molecule has 4 rings (SSSR count). The van der Waals surface area contributed by atoms with Crippen LogP contribution in [0, 0.1) is 23.2 Å². The molecule has 3 amide bonds. The highest BCUT2D eigenvalue weighted by Crippen LogP contribution is 2.68. The van der Waals surface area contributed by atoms with Crippen molar-refractivity contribution in [3.8, 4) is 0 Å². The van der Waals surface area contributed by atoms with Crippen molar-refractivity contribution in [2.24, 2.45) is 23.2 Å². The maximum atomic E-state index is 14.0. The summed E-state index contributed by atoms with van der Waals surface area (Å²) >= 11 is 1.67. The number of thioether (sulfide) groups is 1. The Kier molecular flexibility index (Phi) is 7.25. The Morgan fingerprint density at radius 1 is 1.14 bits per heavy atom. The maximum Gasteiger partial charge on any atom is 0.244 e. The van der Waals surface area contributed by atoms with E-state index in [1.165, 1.54) is 0 Å². The van der Waals surface area contributed by atoms with Gasteiger partial charge in [-0.25, -0.2) is 0 Å². The second-order valence-electron chi connectivity index (χ2n) is 12.6. The Labute approximate surface area is 219 Å². The van der Waals surface area contributed by atoms with Gasteiger partial charge in [0.15, 0.2) is 0 Å². The number of para-hydroxylation sites is 1. The molecule has 3 saturated heterocycles. The zero-order valence-electron chi connectivity index (χ0n) is 22.3. The Hall–Kier alpha value is -2.06. The summed E-state index contributed by atoms with van der Waals surface area (Å²) in [6.45, 7) is 12.9.